The number of amides is 1. The van der Waals surface area contributed by atoms with E-state index >= 15 is 0 Å². The number of ether oxygens (including phenoxy) is 1. The van der Waals surface area contributed by atoms with Crippen LogP contribution < -0.4 is 10.1 Å². The van der Waals surface area contributed by atoms with Gasteiger partial charge in [0.05, 0.1) is 20.1 Å². The highest BCUT2D eigenvalue weighted by Crippen LogP contribution is 2.14. The van der Waals surface area contributed by atoms with Gasteiger partial charge in [0.1, 0.15) is 5.75 Å². The van der Waals surface area contributed by atoms with Crippen LogP contribution in [0.25, 0.3) is 0 Å². The van der Waals surface area contributed by atoms with Gasteiger partial charge in [0, 0.05) is 12.2 Å². The second-order valence-corrected chi connectivity index (χ2v) is 4.16. The van der Waals surface area contributed by atoms with Crippen molar-refractivity contribution in [2.45, 2.75) is 6.42 Å². The van der Waals surface area contributed by atoms with Crippen molar-refractivity contribution in [2.24, 2.45) is 0 Å². The maximum absolute atomic E-state index is 11.7. The third kappa shape index (κ3) is 5.87. The van der Waals surface area contributed by atoms with Gasteiger partial charge < -0.3 is 15.2 Å². The van der Waals surface area contributed by atoms with Crippen molar-refractivity contribution in [3.05, 3.63) is 24.3 Å². The molecular weight excluding hydrogens is 248 g/mol. The summed E-state index contributed by atoms with van der Waals surface area (Å²) in [6.07, 6.45) is 0.0202. The minimum atomic E-state index is -0.873. The summed E-state index contributed by atoms with van der Waals surface area (Å²) in [5.74, 6) is -0.336. The largest absolute Gasteiger partial charge is 0.497 e. The number of rotatable bonds is 7. The Hall–Kier alpha value is -2.08. The van der Waals surface area contributed by atoms with Crippen LogP contribution in [-0.2, 0) is 9.59 Å². The number of carbonyl (C=O) groups excluding carboxylic acids is 1. The molecular formula is C13H18N2O4. The summed E-state index contributed by atoms with van der Waals surface area (Å²) in [6, 6.07) is 7.00. The SMILES string of the molecule is COc1ccc(NC(=O)CN(C)CCC(=O)O)cc1. The minimum absolute atomic E-state index is 0.0202. The molecule has 0 spiro atoms. The molecule has 0 aliphatic heterocycles. The first-order chi connectivity index (χ1) is 9.01. The first-order valence-electron chi connectivity index (χ1n) is 5.85. The van der Waals surface area contributed by atoms with Crippen molar-refractivity contribution in [1.82, 2.24) is 4.90 Å². The van der Waals surface area contributed by atoms with Crippen LogP contribution in [0.5, 0.6) is 5.75 Å². The number of nitrogens with one attached hydrogen (secondary N) is 1. The quantitative estimate of drug-likeness (QED) is 0.771. The summed E-state index contributed by atoms with van der Waals surface area (Å²) in [5, 5.41) is 11.3. The van der Waals surface area contributed by atoms with E-state index in [0.717, 1.165) is 5.75 Å². The maximum Gasteiger partial charge on any atom is 0.304 e. The predicted octanol–water partition coefficient (Wildman–Crippen LogP) is 1.04. The molecule has 0 bridgehead atoms. The molecule has 0 saturated heterocycles. The highest BCUT2D eigenvalue weighted by atomic mass is 16.5. The van der Waals surface area contributed by atoms with E-state index in [9.17, 15) is 9.59 Å². The smallest absolute Gasteiger partial charge is 0.304 e. The van der Waals surface area contributed by atoms with E-state index < -0.39 is 5.97 Å². The molecule has 1 aromatic rings. The zero-order valence-corrected chi connectivity index (χ0v) is 11.0. The fourth-order valence-electron chi connectivity index (χ4n) is 1.49. The molecule has 0 atom stereocenters. The minimum Gasteiger partial charge on any atom is -0.497 e. The molecule has 0 heterocycles. The molecule has 6 nitrogen and oxygen atoms in total. The predicted molar refractivity (Wildman–Crippen MR) is 71.4 cm³/mol. The van der Waals surface area contributed by atoms with E-state index in [1.807, 2.05) is 0 Å². The van der Waals surface area contributed by atoms with Crippen molar-refractivity contribution in [1.29, 1.82) is 0 Å². The molecule has 0 unspecified atom stereocenters. The number of aliphatic carboxylic acids is 1. The molecule has 2 N–H and O–H groups in total. The van der Waals surface area contributed by atoms with Gasteiger partial charge in [-0.05, 0) is 31.3 Å². The number of nitrogens with zero attached hydrogens (tertiary/aromatic N) is 1. The lowest BCUT2D eigenvalue weighted by Gasteiger charge is -2.15. The van der Waals surface area contributed by atoms with Crippen molar-refractivity contribution >= 4 is 17.6 Å². The van der Waals surface area contributed by atoms with Gasteiger partial charge in [0.2, 0.25) is 5.91 Å². The van der Waals surface area contributed by atoms with Gasteiger partial charge in [-0.2, -0.15) is 0 Å². The Morgan fingerprint density at radius 1 is 1.32 bits per heavy atom. The van der Waals surface area contributed by atoms with Gasteiger partial charge in [0.25, 0.3) is 0 Å². The highest BCUT2D eigenvalue weighted by molar-refractivity contribution is 5.92. The fraction of sp³-hybridized carbons (Fsp3) is 0.385. The Labute approximate surface area is 112 Å². The molecule has 0 radical (unpaired) electrons. The molecule has 0 aliphatic carbocycles. The summed E-state index contributed by atoms with van der Waals surface area (Å²) in [7, 11) is 3.28. The van der Waals surface area contributed by atoms with Gasteiger partial charge in [-0.15, -0.1) is 0 Å². The molecule has 1 aromatic carbocycles. The lowest BCUT2D eigenvalue weighted by atomic mass is 10.3. The lowest BCUT2D eigenvalue weighted by molar-refractivity contribution is -0.137. The molecule has 0 saturated carbocycles. The molecule has 1 rings (SSSR count). The van der Waals surface area contributed by atoms with Gasteiger partial charge in [-0.3, -0.25) is 14.5 Å². The van der Waals surface area contributed by atoms with Crippen LogP contribution in [0.15, 0.2) is 24.3 Å². The third-order valence-corrected chi connectivity index (χ3v) is 2.49. The van der Waals surface area contributed by atoms with Crippen LogP contribution in [0.2, 0.25) is 0 Å². The number of carboxylic acids is 1. The van der Waals surface area contributed by atoms with E-state index in [2.05, 4.69) is 5.32 Å². The molecule has 0 fully saturated rings. The Morgan fingerprint density at radius 2 is 1.95 bits per heavy atom. The van der Waals surface area contributed by atoms with Gasteiger partial charge in [0.15, 0.2) is 0 Å². The van der Waals surface area contributed by atoms with E-state index in [0.29, 0.717) is 12.2 Å². The number of anilines is 1. The van der Waals surface area contributed by atoms with Crippen molar-refractivity contribution < 1.29 is 19.4 Å². The molecule has 0 aromatic heterocycles. The van der Waals surface area contributed by atoms with E-state index in [1.165, 1.54) is 0 Å². The number of likely N-dealkylation sites (N-methyl/N-ethyl adjacent to an activating group) is 1. The number of methoxy groups -OCH3 is 1. The lowest BCUT2D eigenvalue weighted by Crippen LogP contribution is -2.31. The highest BCUT2D eigenvalue weighted by Gasteiger charge is 2.08. The third-order valence-electron chi connectivity index (χ3n) is 2.49. The number of benzene rings is 1. The van der Waals surface area contributed by atoms with Gasteiger partial charge in [-0.1, -0.05) is 0 Å². The number of carboxylic acid groups (broad SMARTS) is 1. The van der Waals surface area contributed by atoms with Crippen molar-refractivity contribution in [2.75, 3.05) is 32.6 Å². The van der Waals surface area contributed by atoms with Crippen molar-refractivity contribution in [3.63, 3.8) is 0 Å². The Bertz CT molecular complexity index is 431. The number of hydrogen-bond acceptors (Lipinski definition) is 4. The average molecular weight is 266 g/mol. The van der Waals surface area contributed by atoms with Crippen LogP contribution >= 0.6 is 0 Å². The Balaban J connectivity index is 2.39. The molecule has 1 amide bonds. The molecule has 19 heavy (non-hydrogen) atoms. The monoisotopic (exact) mass is 266 g/mol. The first kappa shape index (κ1) is 15.0. The van der Waals surface area contributed by atoms with Crippen LogP contribution in [0.4, 0.5) is 5.69 Å². The maximum atomic E-state index is 11.7. The van der Waals surface area contributed by atoms with Crippen molar-refractivity contribution in [3.8, 4) is 5.75 Å². The second kappa shape index (κ2) is 7.38. The molecule has 104 valence electrons. The summed E-state index contributed by atoms with van der Waals surface area (Å²) in [6.45, 7) is 0.491. The van der Waals surface area contributed by atoms with Gasteiger partial charge >= 0.3 is 5.97 Å². The average Bonchev–Trinajstić information content (AvgIpc) is 2.37. The van der Waals surface area contributed by atoms with E-state index in [4.69, 9.17) is 9.84 Å². The van der Waals surface area contributed by atoms with Gasteiger partial charge in [-0.25, -0.2) is 0 Å². The molecule has 0 aliphatic rings. The summed E-state index contributed by atoms with van der Waals surface area (Å²) in [5.41, 5.74) is 0.678. The van der Waals surface area contributed by atoms with Crippen LogP contribution in [-0.4, -0.2) is 49.1 Å². The second-order valence-electron chi connectivity index (χ2n) is 4.16. The zero-order chi connectivity index (χ0) is 14.3. The number of carbonyl (C=O) groups is 2. The van der Waals surface area contributed by atoms with E-state index in [1.54, 1.807) is 43.3 Å². The molecule has 6 heteroatoms. The van der Waals surface area contributed by atoms with Crippen LogP contribution in [0.1, 0.15) is 6.42 Å². The van der Waals surface area contributed by atoms with E-state index in [-0.39, 0.29) is 18.9 Å². The standard InChI is InChI=1S/C13H18N2O4/c1-15(8-7-13(17)18)9-12(16)14-10-3-5-11(19-2)6-4-10/h3-6H,7-9H2,1-2H3,(H,14,16)(H,17,18). The summed E-state index contributed by atoms with van der Waals surface area (Å²) in [4.78, 5) is 23.8. The normalized spacial score (nSPS) is 10.3. The zero-order valence-electron chi connectivity index (χ0n) is 11.0. The van der Waals surface area contributed by atoms with Crippen LogP contribution in [0, 0.1) is 0 Å². The fourth-order valence-corrected chi connectivity index (χ4v) is 1.49. The topological polar surface area (TPSA) is 78.9 Å². The Morgan fingerprint density at radius 3 is 2.47 bits per heavy atom. The number of hydrogen-bond donors (Lipinski definition) is 2. The van der Waals surface area contributed by atoms with Crippen LogP contribution in [0.3, 0.4) is 0 Å². The Kier molecular flexibility index (Phi) is 5.81. The summed E-state index contributed by atoms with van der Waals surface area (Å²) < 4.78 is 5.02. The first-order valence-corrected chi connectivity index (χ1v) is 5.85. The summed E-state index contributed by atoms with van der Waals surface area (Å²) >= 11 is 0.